The quantitative estimate of drug-likeness (QED) is 0.431. The van der Waals surface area contributed by atoms with Crippen molar-refractivity contribution in [1.82, 2.24) is 0 Å². The van der Waals surface area contributed by atoms with E-state index in [4.69, 9.17) is 4.74 Å². The Kier molecular flexibility index (Phi) is 4.03. The Labute approximate surface area is 89.1 Å². The third kappa shape index (κ3) is 3.20. The van der Waals surface area contributed by atoms with Gasteiger partial charge < -0.3 is 4.74 Å². The highest BCUT2D eigenvalue weighted by Gasteiger charge is 2.23. The highest BCUT2D eigenvalue weighted by molar-refractivity contribution is 5.98. The maximum Gasteiger partial charge on any atom is 0.321 e. The number of hydrogen-bond acceptors (Lipinski definition) is 3. The Bertz CT molecular complexity index is 343. The van der Waals surface area contributed by atoms with Gasteiger partial charge >= 0.3 is 5.97 Å². The Hall–Kier alpha value is -1.64. The summed E-state index contributed by atoms with van der Waals surface area (Å²) in [6.45, 7) is 3.19. The molecule has 0 bridgehead atoms. The summed E-state index contributed by atoms with van der Waals surface area (Å²) in [7, 11) is 0. The number of ketones is 1. The van der Waals surface area contributed by atoms with Crippen LogP contribution in [-0.4, -0.2) is 11.8 Å². The van der Waals surface area contributed by atoms with Gasteiger partial charge in [0.15, 0.2) is 0 Å². The Morgan fingerprint density at radius 2 is 1.87 bits per heavy atom. The second-order valence-corrected chi connectivity index (χ2v) is 3.31. The fraction of sp³-hybridized carbons (Fsp3) is 0.333. The molecule has 15 heavy (non-hydrogen) atoms. The summed E-state index contributed by atoms with van der Waals surface area (Å²) in [5.74, 6) is -0.804. The number of carbonyl (C=O) groups is 2. The number of rotatable bonds is 4. The Morgan fingerprint density at radius 1 is 1.27 bits per heavy atom. The summed E-state index contributed by atoms with van der Waals surface area (Å²) in [6.07, 6.45) is 0.473. The van der Waals surface area contributed by atoms with Crippen molar-refractivity contribution in [2.75, 3.05) is 0 Å². The first-order valence-corrected chi connectivity index (χ1v) is 4.92. The zero-order chi connectivity index (χ0) is 11.3. The maximum absolute atomic E-state index is 11.5. The first-order valence-electron chi connectivity index (χ1n) is 4.92. The van der Waals surface area contributed by atoms with Crippen LogP contribution in [0.4, 0.5) is 0 Å². The number of esters is 1. The number of para-hydroxylation sites is 1. The van der Waals surface area contributed by atoms with Gasteiger partial charge in [-0.15, -0.1) is 0 Å². The summed E-state index contributed by atoms with van der Waals surface area (Å²) in [6, 6.07) is 8.75. The van der Waals surface area contributed by atoms with E-state index in [2.05, 4.69) is 0 Å². The molecule has 1 aromatic rings. The van der Waals surface area contributed by atoms with Crippen molar-refractivity contribution in [3.05, 3.63) is 30.3 Å². The standard InChI is InChI=1S/C12H14O3/c1-3-11(9(2)13)12(14)15-10-7-5-4-6-8-10/h4-8,11H,3H2,1-2H3. The molecule has 0 aliphatic heterocycles. The molecule has 0 aliphatic rings. The van der Waals surface area contributed by atoms with Crippen molar-refractivity contribution in [3.8, 4) is 5.75 Å². The molecule has 0 radical (unpaired) electrons. The van der Waals surface area contributed by atoms with Crippen LogP contribution in [0.2, 0.25) is 0 Å². The molecule has 0 aromatic heterocycles. The van der Waals surface area contributed by atoms with Crippen LogP contribution in [0.3, 0.4) is 0 Å². The average molecular weight is 206 g/mol. The van der Waals surface area contributed by atoms with E-state index in [9.17, 15) is 9.59 Å². The minimum atomic E-state index is -0.648. The van der Waals surface area contributed by atoms with Gasteiger partial charge in [-0.05, 0) is 25.5 Å². The molecule has 1 unspecified atom stereocenters. The van der Waals surface area contributed by atoms with E-state index in [1.165, 1.54) is 6.92 Å². The second kappa shape index (κ2) is 5.29. The normalized spacial score (nSPS) is 11.9. The van der Waals surface area contributed by atoms with Gasteiger partial charge in [-0.2, -0.15) is 0 Å². The van der Waals surface area contributed by atoms with E-state index in [0.717, 1.165) is 0 Å². The van der Waals surface area contributed by atoms with Gasteiger partial charge in [0.05, 0.1) is 0 Å². The number of hydrogen-bond donors (Lipinski definition) is 0. The minimum absolute atomic E-state index is 0.154. The lowest BCUT2D eigenvalue weighted by molar-refractivity contribution is -0.143. The first-order chi connectivity index (χ1) is 7.15. The van der Waals surface area contributed by atoms with Crippen LogP contribution in [0.15, 0.2) is 30.3 Å². The summed E-state index contributed by atoms with van der Waals surface area (Å²) in [5, 5.41) is 0. The SMILES string of the molecule is CCC(C(C)=O)C(=O)Oc1ccccc1. The molecule has 1 rings (SSSR count). The maximum atomic E-state index is 11.5. The number of Topliss-reactive ketones (excluding diaryl/α,β-unsaturated/α-hetero) is 1. The molecular weight excluding hydrogens is 192 g/mol. The highest BCUT2D eigenvalue weighted by Crippen LogP contribution is 2.13. The molecule has 0 fully saturated rings. The lowest BCUT2D eigenvalue weighted by atomic mass is 10.0. The van der Waals surface area contributed by atoms with Crippen molar-refractivity contribution in [2.24, 2.45) is 5.92 Å². The molecule has 0 spiro atoms. The average Bonchev–Trinajstić information content (AvgIpc) is 2.19. The summed E-state index contributed by atoms with van der Waals surface area (Å²) in [5.41, 5.74) is 0. The van der Waals surface area contributed by atoms with Crippen molar-refractivity contribution >= 4 is 11.8 Å². The van der Waals surface area contributed by atoms with Crippen LogP contribution < -0.4 is 4.74 Å². The van der Waals surface area contributed by atoms with Crippen LogP contribution in [0.5, 0.6) is 5.75 Å². The molecule has 0 saturated carbocycles. The number of carbonyl (C=O) groups excluding carboxylic acids is 2. The van der Waals surface area contributed by atoms with E-state index in [-0.39, 0.29) is 5.78 Å². The van der Waals surface area contributed by atoms with E-state index in [1.807, 2.05) is 6.07 Å². The molecule has 1 atom stereocenters. The molecular formula is C12H14O3. The lowest BCUT2D eigenvalue weighted by Gasteiger charge is -2.10. The summed E-state index contributed by atoms with van der Waals surface area (Å²) < 4.78 is 5.07. The van der Waals surface area contributed by atoms with Gasteiger partial charge in [0.25, 0.3) is 0 Å². The summed E-state index contributed by atoms with van der Waals surface area (Å²) in [4.78, 5) is 22.6. The smallest absolute Gasteiger partial charge is 0.321 e. The molecule has 3 nitrogen and oxygen atoms in total. The predicted octanol–water partition coefficient (Wildman–Crippen LogP) is 2.21. The number of ether oxygens (including phenoxy) is 1. The van der Waals surface area contributed by atoms with Crippen LogP contribution in [0, 0.1) is 5.92 Å². The van der Waals surface area contributed by atoms with Gasteiger partial charge in [0.1, 0.15) is 17.5 Å². The monoisotopic (exact) mass is 206 g/mol. The van der Waals surface area contributed by atoms with Crippen LogP contribution in [0.25, 0.3) is 0 Å². The van der Waals surface area contributed by atoms with Gasteiger partial charge in [0, 0.05) is 0 Å². The predicted molar refractivity (Wildman–Crippen MR) is 56.5 cm³/mol. The molecule has 0 amide bonds. The molecule has 0 saturated heterocycles. The van der Waals surface area contributed by atoms with E-state index < -0.39 is 11.9 Å². The van der Waals surface area contributed by atoms with Gasteiger partial charge in [-0.25, -0.2) is 0 Å². The van der Waals surface area contributed by atoms with E-state index in [1.54, 1.807) is 31.2 Å². The van der Waals surface area contributed by atoms with Crippen molar-refractivity contribution < 1.29 is 14.3 Å². The molecule has 3 heteroatoms. The van der Waals surface area contributed by atoms with Crippen molar-refractivity contribution in [2.45, 2.75) is 20.3 Å². The fourth-order valence-corrected chi connectivity index (χ4v) is 1.30. The zero-order valence-corrected chi connectivity index (χ0v) is 8.90. The first kappa shape index (κ1) is 11.4. The van der Waals surface area contributed by atoms with Gasteiger partial charge in [0.2, 0.25) is 0 Å². The Balaban J connectivity index is 2.66. The van der Waals surface area contributed by atoms with Gasteiger partial charge in [-0.1, -0.05) is 25.1 Å². The third-order valence-electron chi connectivity index (χ3n) is 2.15. The second-order valence-electron chi connectivity index (χ2n) is 3.31. The summed E-state index contributed by atoms with van der Waals surface area (Å²) >= 11 is 0. The van der Waals surface area contributed by atoms with Gasteiger partial charge in [-0.3, -0.25) is 9.59 Å². The molecule has 0 N–H and O–H groups in total. The zero-order valence-electron chi connectivity index (χ0n) is 8.90. The Morgan fingerprint density at radius 3 is 2.33 bits per heavy atom. The third-order valence-corrected chi connectivity index (χ3v) is 2.15. The molecule has 1 aromatic carbocycles. The molecule has 0 heterocycles. The van der Waals surface area contributed by atoms with Crippen molar-refractivity contribution in [3.63, 3.8) is 0 Å². The van der Waals surface area contributed by atoms with Crippen molar-refractivity contribution in [1.29, 1.82) is 0 Å². The lowest BCUT2D eigenvalue weighted by Crippen LogP contribution is -2.25. The molecule has 0 aliphatic carbocycles. The number of benzene rings is 1. The largest absolute Gasteiger partial charge is 0.426 e. The van der Waals surface area contributed by atoms with E-state index >= 15 is 0 Å². The van der Waals surface area contributed by atoms with E-state index in [0.29, 0.717) is 12.2 Å². The topological polar surface area (TPSA) is 43.4 Å². The minimum Gasteiger partial charge on any atom is -0.426 e. The van der Waals surface area contributed by atoms with Crippen LogP contribution in [-0.2, 0) is 9.59 Å². The van der Waals surface area contributed by atoms with Crippen LogP contribution in [0.1, 0.15) is 20.3 Å². The molecule has 80 valence electrons. The fourth-order valence-electron chi connectivity index (χ4n) is 1.30. The highest BCUT2D eigenvalue weighted by atomic mass is 16.5. The van der Waals surface area contributed by atoms with Crippen LogP contribution >= 0.6 is 0 Å².